The number of allylic oxidation sites excluding steroid dienone is 24. The molecule has 2 fully saturated rings. The molecular weight excluding hydrogens is 1240 g/mol. The summed E-state index contributed by atoms with van der Waals surface area (Å²) in [5.74, 6) is 1.41. The molecule has 12 rings (SSSR count). The van der Waals surface area contributed by atoms with Gasteiger partial charge in [-0.15, -0.1) is 0 Å². The molecule has 1 unspecified atom stereocenters. The number of nitrogens with one attached hydrogen (secondary N) is 2. The highest BCUT2D eigenvalue weighted by Crippen LogP contribution is 2.49. The predicted molar refractivity (Wildman–Crippen MR) is 408 cm³/mol. The summed E-state index contributed by atoms with van der Waals surface area (Å²) in [7, 11) is 0. The Kier molecular flexibility index (Phi) is 20.9. The second kappa shape index (κ2) is 29.4. The first kappa shape index (κ1) is 71.1. The van der Waals surface area contributed by atoms with Crippen LogP contribution < -0.4 is 10.6 Å². The average molecular weight is 1350 g/mol. The number of hydrogen-bond acceptors (Lipinski definition) is 14. The Morgan fingerprint density at radius 1 is 0.560 bits per heavy atom. The number of esters is 2. The minimum Gasteiger partial charge on any atom is -0.511 e. The van der Waals surface area contributed by atoms with Crippen LogP contribution in [-0.4, -0.2) is 69.1 Å². The van der Waals surface area contributed by atoms with Gasteiger partial charge < -0.3 is 30.3 Å². The van der Waals surface area contributed by atoms with Gasteiger partial charge >= 0.3 is 11.9 Å². The van der Waals surface area contributed by atoms with Crippen LogP contribution in [0, 0.1) is 41.4 Å². The highest BCUT2D eigenvalue weighted by atomic mass is 16.5. The van der Waals surface area contributed by atoms with Crippen molar-refractivity contribution in [2.24, 2.45) is 71.4 Å². The number of aliphatic imine (C=N–C) groups is 6. The van der Waals surface area contributed by atoms with Gasteiger partial charge in [0.1, 0.15) is 24.2 Å². The zero-order valence-corrected chi connectivity index (χ0v) is 62.0. The first-order chi connectivity index (χ1) is 47.9. The van der Waals surface area contributed by atoms with Gasteiger partial charge in [-0.1, -0.05) is 119 Å². The topological polar surface area (TPSA) is 191 Å². The van der Waals surface area contributed by atoms with Crippen molar-refractivity contribution in [2.75, 3.05) is 6.61 Å². The Bertz CT molecular complexity index is 4400. The third kappa shape index (κ3) is 13.8. The van der Waals surface area contributed by atoms with E-state index in [9.17, 15) is 19.8 Å². The van der Waals surface area contributed by atoms with Crippen molar-refractivity contribution in [2.45, 2.75) is 213 Å². The number of nitrogens with zero attached hydrogens (tertiary/aromatic N) is 6. The van der Waals surface area contributed by atoms with Gasteiger partial charge in [-0.05, 0) is 197 Å². The van der Waals surface area contributed by atoms with Crippen LogP contribution in [0.2, 0.25) is 0 Å². The van der Waals surface area contributed by atoms with Crippen LogP contribution in [0.15, 0.2) is 250 Å². The smallest absolute Gasteiger partial charge is 0.306 e. The summed E-state index contributed by atoms with van der Waals surface area (Å²) in [6.45, 7) is 40.9. The van der Waals surface area contributed by atoms with E-state index in [1.165, 1.54) is 25.7 Å². The van der Waals surface area contributed by atoms with Crippen LogP contribution in [0.25, 0.3) is 0 Å². The SMILES string of the molecule is C=CC1=C(C)C2=NC1=CC1=NC(=CC3=C(C)C4=C(O)CC(=C5NC(=C2)[C@@H](C)[C@@H]5CCC(=O)OC/C=C(\C)C(CC[C@H](C)CCC[C@H](C)CCCC(C)C)OC(=O)CC[C@@H]2C5=C6CC(O)=C7C6=NC(=C7C)C=C6N=C(C=C7N=C(C=C(N5)[C@H]2C)C(C)=C7C=C)C(C)=C6CC)C4=N3)C(CC)=C1C. The van der Waals surface area contributed by atoms with Gasteiger partial charge in [0.2, 0.25) is 0 Å². The second-order valence-corrected chi connectivity index (χ2v) is 30.2. The van der Waals surface area contributed by atoms with Crippen molar-refractivity contribution >= 4 is 46.2 Å². The summed E-state index contributed by atoms with van der Waals surface area (Å²) in [5, 5.41) is 31.2. The first-order valence-electron chi connectivity index (χ1n) is 37.1. The lowest BCUT2D eigenvalue weighted by atomic mass is 9.86. The maximum atomic E-state index is 14.7. The molecule has 2 saturated heterocycles. The van der Waals surface area contributed by atoms with Gasteiger partial charge in [0.25, 0.3) is 0 Å². The van der Waals surface area contributed by atoms with E-state index in [1.54, 1.807) is 0 Å². The fourth-order valence-electron chi connectivity index (χ4n) is 16.8. The molecule has 100 heavy (non-hydrogen) atoms. The van der Waals surface area contributed by atoms with E-state index in [4.69, 9.17) is 39.4 Å². The van der Waals surface area contributed by atoms with Crippen LogP contribution in [0.1, 0.15) is 207 Å². The largest absolute Gasteiger partial charge is 0.511 e. The number of rotatable bonds is 25. The van der Waals surface area contributed by atoms with Crippen LogP contribution >= 0.6 is 0 Å². The lowest BCUT2D eigenvalue weighted by Gasteiger charge is -2.23. The Balaban J connectivity index is 0.775. The van der Waals surface area contributed by atoms with Crippen molar-refractivity contribution in [3.63, 3.8) is 0 Å². The van der Waals surface area contributed by atoms with E-state index in [0.29, 0.717) is 43.9 Å². The molecule has 0 radical (unpaired) electrons. The Labute approximate surface area is 593 Å². The summed E-state index contributed by atoms with van der Waals surface area (Å²) in [4.78, 5) is 60.1. The van der Waals surface area contributed by atoms with Crippen molar-refractivity contribution in [3.05, 3.63) is 220 Å². The first-order valence-corrected chi connectivity index (χ1v) is 37.1. The number of hydrogen-bond donors (Lipinski definition) is 4. The monoisotopic (exact) mass is 1340 g/mol. The number of aliphatic hydroxyl groups is 2. The maximum Gasteiger partial charge on any atom is 0.306 e. The standard InChI is InChI=1S/C86H104N8O6/c1-18-56-48(10)64-38-68-52(14)60(83(91-68)62-36-76(95)81-54(16)70(93-85(62)81)42-74-58(20-3)50(12)66(89-74)40-72(56)87-64)29-32-79(97)99-35-34-47(9)78(31-28-46(8)27-23-26-45(7)25-22-24-44(5)6)100-80(98)33-30-61-53(15)69-39-65-49(11)57(19-2)73(88-65)41-67-51(13)59(21-4)75(90-67)43-71-55(17)82-77(96)37-63(84(61)92-69)86(82)94-71/h18-19,34,38-46,52-53,60-61,78,91-92,95-96H,1-2,20-33,35-37H2,3-17H3/b47-34+,68-38?,69-39?,72-40?,73-41?,74-42?,75-43?,83-62?,84-63?/t45-,46-,52+,53+,60+,61+,78?/m1/s1. The second-order valence-electron chi connectivity index (χ2n) is 30.2. The van der Waals surface area contributed by atoms with E-state index < -0.39 is 6.10 Å². The summed E-state index contributed by atoms with van der Waals surface area (Å²) >= 11 is 0. The normalized spacial score (nSPS) is 24.0. The third-order valence-electron chi connectivity index (χ3n) is 23.2. The Morgan fingerprint density at radius 2 is 0.990 bits per heavy atom. The van der Waals surface area contributed by atoms with Crippen molar-refractivity contribution in [1.82, 2.24) is 10.6 Å². The Hall–Kier alpha value is -8.78. The number of aliphatic hydroxyl groups excluding tert-OH is 2. The van der Waals surface area contributed by atoms with Crippen LogP contribution in [-0.2, 0) is 19.1 Å². The molecule has 10 heterocycles. The minimum absolute atomic E-state index is 0.0293. The molecule has 10 aliphatic heterocycles. The minimum atomic E-state index is -0.525. The van der Waals surface area contributed by atoms with E-state index in [0.717, 1.165) is 213 Å². The molecule has 4 N–H and O–H groups in total. The number of fused-ring (bicyclic) bond motifs is 10. The van der Waals surface area contributed by atoms with Gasteiger partial charge in [0.05, 0.1) is 68.5 Å². The maximum absolute atomic E-state index is 14.7. The molecular formula is C86H104N8O6. The molecule has 0 spiro atoms. The van der Waals surface area contributed by atoms with Gasteiger partial charge in [-0.2, -0.15) is 0 Å². The van der Waals surface area contributed by atoms with E-state index in [-0.39, 0.29) is 66.6 Å². The molecule has 7 atom stereocenters. The zero-order valence-electron chi connectivity index (χ0n) is 62.0. The van der Waals surface area contributed by atoms with Crippen molar-refractivity contribution in [3.8, 4) is 0 Å². The van der Waals surface area contributed by atoms with E-state index in [1.807, 2.05) is 39.0 Å². The molecule has 0 aromatic rings. The quantitative estimate of drug-likeness (QED) is 0.0513. The van der Waals surface area contributed by atoms with Crippen LogP contribution in [0.4, 0.5) is 0 Å². The van der Waals surface area contributed by atoms with Gasteiger partial charge in [0.15, 0.2) is 0 Å². The van der Waals surface area contributed by atoms with Crippen LogP contribution in [0.5, 0.6) is 0 Å². The molecule has 0 aromatic heterocycles. The van der Waals surface area contributed by atoms with Crippen LogP contribution in [0.3, 0.4) is 0 Å². The zero-order chi connectivity index (χ0) is 71.3. The van der Waals surface area contributed by atoms with Crippen molar-refractivity contribution < 1.29 is 29.3 Å². The molecule has 2 aliphatic carbocycles. The van der Waals surface area contributed by atoms with E-state index in [2.05, 4.69) is 143 Å². The molecule has 524 valence electrons. The molecule has 14 nitrogen and oxygen atoms in total. The fraction of sp³-hybridized carbons (Fsp3) is 0.465. The molecule has 0 aromatic carbocycles. The number of ether oxygens (including phenoxy) is 2. The summed E-state index contributed by atoms with van der Waals surface area (Å²) in [5.41, 5.74) is 28.2. The summed E-state index contributed by atoms with van der Waals surface area (Å²) in [6.07, 6.45) is 29.9. The molecule has 12 aliphatic rings. The third-order valence-corrected chi connectivity index (χ3v) is 23.2. The molecule has 0 saturated carbocycles. The highest BCUT2D eigenvalue weighted by Gasteiger charge is 2.44. The lowest BCUT2D eigenvalue weighted by molar-refractivity contribution is -0.148. The number of carbonyl (C=O) groups excluding carboxylic acids is 2. The molecule has 14 heteroatoms. The fourth-order valence-corrected chi connectivity index (χ4v) is 16.8. The van der Waals surface area contributed by atoms with E-state index >= 15 is 0 Å². The highest BCUT2D eigenvalue weighted by molar-refractivity contribution is 6.23. The molecule has 0 amide bonds. The summed E-state index contributed by atoms with van der Waals surface area (Å²) < 4.78 is 12.7. The summed E-state index contributed by atoms with van der Waals surface area (Å²) in [6, 6.07) is 0. The number of carbonyl (C=O) groups is 2. The average Bonchev–Trinajstić information content (AvgIpc) is 1.59. The van der Waals surface area contributed by atoms with Gasteiger partial charge in [-0.25, -0.2) is 30.0 Å². The van der Waals surface area contributed by atoms with Gasteiger partial charge in [-0.3, -0.25) is 9.59 Å². The lowest BCUT2D eigenvalue weighted by Crippen LogP contribution is -2.22. The molecule has 16 bridgehead atoms. The van der Waals surface area contributed by atoms with Gasteiger partial charge in [0, 0.05) is 106 Å². The van der Waals surface area contributed by atoms with Crippen molar-refractivity contribution in [1.29, 1.82) is 0 Å². The Morgan fingerprint density at radius 3 is 1.44 bits per heavy atom. The predicted octanol–water partition coefficient (Wildman–Crippen LogP) is 19.7.